The van der Waals surface area contributed by atoms with Gasteiger partial charge >= 0.3 is 11.9 Å². The second-order valence-electron chi connectivity index (χ2n) is 8.26. The first-order chi connectivity index (χ1) is 11.9. The second-order valence-corrected chi connectivity index (χ2v) is 18.3. The van der Waals surface area contributed by atoms with Crippen molar-refractivity contribution in [1.29, 1.82) is 0 Å². The molecule has 0 aliphatic rings. The molecule has 0 fully saturated rings. The molecule has 2 N–H and O–H groups in total. The molecule has 0 saturated heterocycles. The van der Waals surface area contributed by atoms with Crippen LogP contribution in [0.3, 0.4) is 0 Å². The van der Waals surface area contributed by atoms with E-state index in [4.69, 9.17) is 9.47 Å². The lowest BCUT2D eigenvalue weighted by Crippen LogP contribution is -2.53. The van der Waals surface area contributed by atoms with Crippen LogP contribution >= 0.6 is 0 Å². The predicted octanol–water partition coefficient (Wildman–Crippen LogP) is 1.33. The number of methoxy groups -OCH3 is 2. The average Bonchev–Trinajstić information content (AvgIpc) is 2.55. The fourth-order valence-electron chi connectivity index (χ4n) is 3.47. The number of carbonyl (C=O) groups excluding carboxylic acids is 2. The van der Waals surface area contributed by atoms with Crippen molar-refractivity contribution in [3.8, 4) is 0 Å². The summed E-state index contributed by atoms with van der Waals surface area (Å²) in [5, 5.41) is 21.5. The Morgan fingerprint density at radius 3 is 1.15 bits per heavy atom. The Morgan fingerprint density at radius 1 is 0.731 bits per heavy atom. The molecule has 1 rings (SSSR count). The minimum absolute atomic E-state index is 0.178. The maximum Gasteiger partial charge on any atom is 0.338 e. The monoisotopic (exact) mass is 398 g/mol. The van der Waals surface area contributed by atoms with Crippen LogP contribution in [0.5, 0.6) is 0 Å². The zero-order valence-corrected chi connectivity index (χ0v) is 18.9. The van der Waals surface area contributed by atoms with Gasteiger partial charge in [0, 0.05) is 0 Å². The van der Waals surface area contributed by atoms with Gasteiger partial charge < -0.3 is 19.7 Å². The molecule has 1 aromatic carbocycles. The molecule has 0 unspecified atom stereocenters. The standard InChI is InChI=1S/C18H30O6Si2/c1-23-17(21)13-14(18(22)24-2)16(26(6,7)8)12(10-20)11(9-19)15(13)25(3,4)5/h19-20H,9-10H2,1-8H3. The van der Waals surface area contributed by atoms with Gasteiger partial charge in [-0.05, 0) is 21.5 Å². The molecular weight excluding hydrogens is 368 g/mol. The van der Waals surface area contributed by atoms with Gasteiger partial charge in [0.05, 0.1) is 54.7 Å². The zero-order valence-electron chi connectivity index (χ0n) is 16.9. The van der Waals surface area contributed by atoms with Gasteiger partial charge in [0.25, 0.3) is 0 Å². The first-order valence-corrected chi connectivity index (χ1v) is 15.5. The van der Waals surface area contributed by atoms with Gasteiger partial charge in [-0.2, -0.15) is 0 Å². The van der Waals surface area contributed by atoms with E-state index in [0.29, 0.717) is 21.5 Å². The van der Waals surface area contributed by atoms with Crippen LogP contribution in [-0.2, 0) is 22.7 Å². The van der Waals surface area contributed by atoms with Gasteiger partial charge in [0.15, 0.2) is 0 Å². The quantitative estimate of drug-likeness (QED) is 0.555. The number of carbonyl (C=O) groups is 2. The molecule has 0 spiro atoms. The van der Waals surface area contributed by atoms with Gasteiger partial charge in [-0.25, -0.2) is 9.59 Å². The maximum absolute atomic E-state index is 12.7. The van der Waals surface area contributed by atoms with E-state index < -0.39 is 28.1 Å². The van der Waals surface area contributed by atoms with E-state index in [9.17, 15) is 19.8 Å². The average molecular weight is 399 g/mol. The Labute approximate surface area is 157 Å². The Kier molecular flexibility index (Phi) is 6.97. The Bertz CT molecular complexity index is 653. The van der Waals surface area contributed by atoms with Crippen molar-refractivity contribution in [2.24, 2.45) is 0 Å². The Morgan fingerprint density at radius 2 is 1.00 bits per heavy atom. The largest absolute Gasteiger partial charge is 0.465 e. The van der Waals surface area contributed by atoms with Gasteiger partial charge in [-0.1, -0.05) is 39.3 Å². The number of rotatable bonds is 6. The summed E-state index contributed by atoms with van der Waals surface area (Å²) in [6, 6.07) is 0. The van der Waals surface area contributed by atoms with Crippen LogP contribution in [0, 0.1) is 0 Å². The third-order valence-corrected chi connectivity index (χ3v) is 8.42. The third-order valence-electron chi connectivity index (χ3n) is 4.31. The molecule has 0 aliphatic heterocycles. The minimum Gasteiger partial charge on any atom is -0.465 e. The number of esters is 2. The number of aliphatic hydroxyl groups is 2. The summed E-state index contributed by atoms with van der Waals surface area (Å²) < 4.78 is 9.99. The lowest BCUT2D eigenvalue weighted by Gasteiger charge is -2.32. The van der Waals surface area contributed by atoms with Crippen molar-refractivity contribution in [3.63, 3.8) is 0 Å². The topological polar surface area (TPSA) is 93.1 Å². The number of benzene rings is 1. The summed E-state index contributed by atoms with van der Waals surface area (Å²) in [6.07, 6.45) is 0. The molecule has 0 aromatic heterocycles. The number of ether oxygens (including phenoxy) is 2. The highest BCUT2D eigenvalue weighted by Crippen LogP contribution is 2.24. The van der Waals surface area contributed by atoms with Crippen molar-refractivity contribution in [2.75, 3.05) is 14.2 Å². The van der Waals surface area contributed by atoms with Crippen molar-refractivity contribution in [3.05, 3.63) is 22.3 Å². The smallest absolute Gasteiger partial charge is 0.338 e. The molecule has 0 bridgehead atoms. The SMILES string of the molecule is COC(=O)c1c(C(=O)OC)c([Si](C)(C)C)c(CO)c(CO)c1[Si](C)(C)C. The van der Waals surface area contributed by atoms with Crippen molar-refractivity contribution in [1.82, 2.24) is 0 Å². The highest BCUT2D eigenvalue weighted by Gasteiger charge is 2.39. The number of aliphatic hydroxyl groups excluding tert-OH is 2. The fourth-order valence-corrected chi connectivity index (χ4v) is 7.69. The molecule has 6 nitrogen and oxygen atoms in total. The molecule has 1 aromatic rings. The predicted molar refractivity (Wildman–Crippen MR) is 107 cm³/mol. The highest BCUT2D eigenvalue weighted by molar-refractivity contribution is 6.92. The summed E-state index contributed by atoms with van der Waals surface area (Å²) in [7, 11) is -1.88. The zero-order chi connectivity index (χ0) is 20.4. The van der Waals surface area contributed by atoms with E-state index in [1.807, 2.05) is 39.3 Å². The summed E-state index contributed by atoms with van der Waals surface area (Å²) in [5.41, 5.74) is 1.43. The van der Waals surface area contributed by atoms with Crippen molar-refractivity contribution < 1.29 is 29.3 Å². The van der Waals surface area contributed by atoms with Crippen LogP contribution in [0.2, 0.25) is 39.3 Å². The molecular formula is C18H30O6Si2. The molecule has 8 heteroatoms. The van der Waals surface area contributed by atoms with Crippen LogP contribution in [0.15, 0.2) is 0 Å². The summed E-state index contributed by atoms with van der Waals surface area (Å²) >= 11 is 0. The first kappa shape index (κ1) is 22.6. The fraction of sp³-hybridized carbons (Fsp3) is 0.556. The van der Waals surface area contributed by atoms with E-state index in [1.54, 1.807) is 0 Å². The van der Waals surface area contributed by atoms with E-state index in [2.05, 4.69) is 0 Å². The van der Waals surface area contributed by atoms with E-state index >= 15 is 0 Å². The highest BCUT2D eigenvalue weighted by atomic mass is 28.3. The Hall–Kier alpha value is -1.49. The molecule has 146 valence electrons. The lowest BCUT2D eigenvalue weighted by molar-refractivity contribution is 0.0557. The molecule has 0 saturated carbocycles. The Balaban J connectivity index is 4.38. The van der Waals surface area contributed by atoms with Crippen LogP contribution in [0.1, 0.15) is 31.8 Å². The van der Waals surface area contributed by atoms with E-state index in [-0.39, 0.29) is 24.3 Å². The van der Waals surface area contributed by atoms with Crippen molar-refractivity contribution >= 4 is 38.5 Å². The van der Waals surface area contributed by atoms with Gasteiger partial charge in [0.1, 0.15) is 0 Å². The third kappa shape index (κ3) is 4.08. The second kappa shape index (κ2) is 8.04. The number of hydrogen-bond acceptors (Lipinski definition) is 6. The van der Waals surface area contributed by atoms with Crippen LogP contribution in [0.25, 0.3) is 0 Å². The molecule has 0 aliphatic carbocycles. The molecule has 0 radical (unpaired) electrons. The van der Waals surface area contributed by atoms with Crippen molar-refractivity contribution in [2.45, 2.75) is 52.5 Å². The molecule has 26 heavy (non-hydrogen) atoms. The minimum atomic E-state index is -2.21. The van der Waals surface area contributed by atoms with E-state index in [0.717, 1.165) is 0 Å². The normalized spacial score (nSPS) is 12.1. The van der Waals surface area contributed by atoms with Crippen LogP contribution in [-0.4, -0.2) is 52.5 Å². The first-order valence-electron chi connectivity index (χ1n) is 8.47. The summed E-state index contributed by atoms with van der Waals surface area (Å²) in [5.74, 6) is -1.25. The molecule has 0 amide bonds. The van der Waals surface area contributed by atoms with Gasteiger partial charge in [0.2, 0.25) is 0 Å². The van der Waals surface area contributed by atoms with Crippen LogP contribution in [0.4, 0.5) is 0 Å². The summed E-state index contributed by atoms with van der Waals surface area (Å²) in [6.45, 7) is 11.5. The van der Waals surface area contributed by atoms with Gasteiger partial charge in [-0.15, -0.1) is 0 Å². The molecule has 0 atom stereocenters. The van der Waals surface area contributed by atoms with E-state index in [1.165, 1.54) is 14.2 Å². The molecule has 0 heterocycles. The lowest BCUT2D eigenvalue weighted by atomic mass is 9.97. The van der Waals surface area contributed by atoms with Crippen LogP contribution < -0.4 is 10.4 Å². The van der Waals surface area contributed by atoms with Gasteiger partial charge in [-0.3, -0.25) is 0 Å². The number of hydrogen-bond donors (Lipinski definition) is 2. The maximum atomic E-state index is 12.7. The summed E-state index contributed by atoms with van der Waals surface area (Å²) in [4.78, 5) is 25.5.